The molecule has 0 atom stereocenters. The van der Waals surface area contributed by atoms with Gasteiger partial charge in [-0.3, -0.25) is 4.90 Å². The summed E-state index contributed by atoms with van der Waals surface area (Å²) in [5, 5.41) is 0. The van der Waals surface area contributed by atoms with E-state index in [4.69, 9.17) is 10.5 Å². The Bertz CT molecular complexity index is 377. The molecule has 19 heavy (non-hydrogen) atoms. The second-order valence-electron chi connectivity index (χ2n) is 5.22. The maximum atomic E-state index is 5.76. The van der Waals surface area contributed by atoms with Gasteiger partial charge in [0.2, 0.25) is 5.88 Å². The number of nitrogens with zero attached hydrogens (tertiary/aromatic N) is 2. The van der Waals surface area contributed by atoms with Gasteiger partial charge in [0.15, 0.2) is 0 Å². The fraction of sp³-hybridized carbons (Fsp3) is 0.667. The van der Waals surface area contributed by atoms with Crippen molar-refractivity contribution in [2.75, 3.05) is 20.2 Å². The van der Waals surface area contributed by atoms with Gasteiger partial charge >= 0.3 is 0 Å². The molecular formula is C15H25N3O. The number of rotatable bonds is 6. The van der Waals surface area contributed by atoms with Crippen LogP contribution < -0.4 is 10.5 Å². The molecule has 0 amide bonds. The molecule has 1 aliphatic rings. The van der Waals surface area contributed by atoms with Crippen molar-refractivity contribution < 1.29 is 4.74 Å². The molecule has 1 aromatic heterocycles. The number of aromatic nitrogens is 1. The van der Waals surface area contributed by atoms with Crippen molar-refractivity contribution >= 4 is 0 Å². The minimum Gasteiger partial charge on any atom is -0.481 e. The van der Waals surface area contributed by atoms with E-state index in [9.17, 15) is 0 Å². The average molecular weight is 263 g/mol. The quantitative estimate of drug-likeness (QED) is 0.854. The Morgan fingerprint density at radius 2 is 2.11 bits per heavy atom. The zero-order chi connectivity index (χ0) is 13.5. The number of hydrogen-bond acceptors (Lipinski definition) is 4. The fourth-order valence-electron chi connectivity index (χ4n) is 2.87. The van der Waals surface area contributed by atoms with Crippen molar-refractivity contribution in [1.82, 2.24) is 9.88 Å². The van der Waals surface area contributed by atoms with Crippen LogP contribution in [-0.2, 0) is 6.54 Å². The molecule has 2 rings (SSSR count). The molecule has 0 unspecified atom stereocenters. The summed E-state index contributed by atoms with van der Waals surface area (Å²) in [6, 6.07) is 6.62. The van der Waals surface area contributed by atoms with Gasteiger partial charge in [-0.25, -0.2) is 4.98 Å². The number of methoxy groups -OCH3 is 1. The van der Waals surface area contributed by atoms with Gasteiger partial charge in [0.1, 0.15) is 0 Å². The molecule has 0 radical (unpaired) electrons. The van der Waals surface area contributed by atoms with Crippen molar-refractivity contribution in [3.05, 3.63) is 23.9 Å². The van der Waals surface area contributed by atoms with E-state index in [1.54, 1.807) is 7.11 Å². The molecule has 1 fully saturated rings. The fourth-order valence-corrected chi connectivity index (χ4v) is 2.87. The molecule has 106 valence electrons. The van der Waals surface area contributed by atoms with Crippen molar-refractivity contribution in [2.45, 2.75) is 44.7 Å². The van der Waals surface area contributed by atoms with Gasteiger partial charge in [-0.15, -0.1) is 0 Å². The Hall–Kier alpha value is -1.13. The van der Waals surface area contributed by atoms with Gasteiger partial charge in [0.25, 0.3) is 0 Å². The van der Waals surface area contributed by atoms with Crippen LogP contribution >= 0.6 is 0 Å². The largest absolute Gasteiger partial charge is 0.481 e. The highest BCUT2D eigenvalue weighted by atomic mass is 16.5. The third-order valence-electron chi connectivity index (χ3n) is 3.86. The number of ether oxygens (including phenoxy) is 1. The molecule has 0 spiro atoms. The topological polar surface area (TPSA) is 51.4 Å². The zero-order valence-electron chi connectivity index (χ0n) is 11.8. The molecule has 1 aliphatic carbocycles. The van der Waals surface area contributed by atoms with Crippen molar-refractivity contribution in [2.24, 2.45) is 5.73 Å². The highest BCUT2D eigenvalue weighted by Gasteiger charge is 2.21. The Morgan fingerprint density at radius 1 is 1.32 bits per heavy atom. The number of hydrogen-bond donors (Lipinski definition) is 1. The summed E-state index contributed by atoms with van der Waals surface area (Å²) >= 11 is 0. The van der Waals surface area contributed by atoms with Crippen molar-refractivity contribution in [3.63, 3.8) is 0 Å². The van der Waals surface area contributed by atoms with Gasteiger partial charge in [-0.1, -0.05) is 25.3 Å². The van der Waals surface area contributed by atoms with Crippen LogP contribution in [0.1, 0.15) is 37.8 Å². The molecule has 2 N–H and O–H groups in total. The van der Waals surface area contributed by atoms with Crippen LogP contribution in [0.4, 0.5) is 0 Å². The molecular weight excluding hydrogens is 238 g/mol. The van der Waals surface area contributed by atoms with Crippen LogP contribution in [0, 0.1) is 0 Å². The molecule has 1 saturated carbocycles. The normalized spacial score (nSPS) is 16.8. The van der Waals surface area contributed by atoms with Gasteiger partial charge in [-0.2, -0.15) is 0 Å². The lowest BCUT2D eigenvalue weighted by molar-refractivity contribution is 0.150. The Labute approximate surface area is 116 Å². The molecule has 0 aromatic carbocycles. The van der Waals surface area contributed by atoms with E-state index >= 15 is 0 Å². The molecule has 4 heteroatoms. The first-order chi connectivity index (χ1) is 9.33. The average Bonchev–Trinajstić information content (AvgIpc) is 2.48. The lowest BCUT2D eigenvalue weighted by atomic mass is 9.94. The summed E-state index contributed by atoms with van der Waals surface area (Å²) in [6.07, 6.45) is 6.66. The Morgan fingerprint density at radius 3 is 2.79 bits per heavy atom. The van der Waals surface area contributed by atoms with Crippen molar-refractivity contribution in [3.8, 4) is 5.88 Å². The van der Waals surface area contributed by atoms with Crippen LogP contribution in [0.5, 0.6) is 5.88 Å². The van der Waals surface area contributed by atoms with E-state index in [1.165, 1.54) is 32.1 Å². The van der Waals surface area contributed by atoms with Gasteiger partial charge in [0, 0.05) is 31.7 Å². The zero-order valence-corrected chi connectivity index (χ0v) is 11.8. The van der Waals surface area contributed by atoms with E-state index in [1.807, 2.05) is 12.1 Å². The molecule has 0 saturated heterocycles. The van der Waals surface area contributed by atoms with E-state index in [2.05, 4.69) is 16.0 Å². The Balaban J connectivity index is 2.01. The molecule has 0 bridgehead atoms. The Kier molecular flexibility index (Phi) is 5.61. The predicted molar refractivity (Wildman–Crippen MR) is 77.1 cm³/mol. The maximum absolute atomic E-state index is 5.76. The molecule has 1 heterocycles. The lowest BCUT2D eigenvalue weighted by Crippen LogP contribution is -2.39. The van der Waals surface area contributed by atoms with Gasteiger partial charge in [0.05, 0.1) is 12.8 Å². The second-order valence-corrected chi connectivity index (χ2v) is 5.22. The summed E-state index contributed by atoms with van der Waals surface area (Å²) < 4.78 is 5.19. The summed E-state index contributed by atoms with van der Waals surface area (Å²) in [4.78, 5) is 6.99. The summed E-state index contributed by atoms with van der Waals surface area (Å²) in [5.41, 5.74) is 6.83. The first-order valence-electron chi connectivity index (χ1n) is 7.27. The van der Waals surface area contributed by atoms with Crippen molar-refractivity contribution in [1.29, 1.82) is 0 Å². The SMILES string of the molecule is COc1cccc(CN(CCN)C2CCCCC2)n1. The minimum atomic E-state index is 0.672. The third kappa shape index (κ3) is 4.18. The van der Waals surface area contributed by atoms with Gasteiger partial charge < -0.3 is 10.5 Å². The van der Waals surface area contributed by atoms with E-state index in [0.717, 1.165) is 18.8 Å². The summed E-state index contributed by atoms with van der Waals surface area (Å²) in [5.74, 6) is 0.689. The summed E-state index contributed by atoms with van der Waals surface area (Å²) in [6.45, 7) is 2.53. The van der Waals surface area contributed by atoms with Crippen LogP contribution in [0.2, 0.25) is 0 Å². The maximum Gasteiger partial charge on any atom is 0.213 e. The lowest BCUT2D eigenvalue weighted by Gasteiger charge is -2.33. The molecule has 1 aromatic rings. The highest BCUT2D eigenvalue weighted by molar-refractivity contribution is 5.15. The molecule has 0 aliphatic heterocycles. The van der Waals surface area contributed by atoms with E-state index in [-0.39, 0.29) is 0 Å². The second kappa shape index (κ2) is 7.46. The first kappa shape index (κ1) is 14.3. The number of pyridine rings is 1. The third-order valence-corrected chi connectivity index (χ3v) is 3.86. The number of nitrogens with two attached hydrogens (primary N) is 1. The van der Waals surface area contributed by atoms with E-state index < -0.39 is 0 Å². The molecule has 4 nitrogen and oxygen atoms in total. The highest BCUT2D eigenvalue weighted by Crippen LogP contribution is 2.23. The van der Waals surface area contributed by atoms with Crippen LogP contribution in [0.3, 0.4) is 0 Å². The van der Waals surface area contributed by atoms with E-state index in [0.29, 0.717) is 18.5 Å². The summed E-state index contributed by atoms with van der Waals surface area (Å²) in [7, 11) is 1.66. The smallest absolute Gasteiger partial charge is 0.213 e. The van der Waals surface area contributed by atoms with Crippen LogP contribution in [-0.4, -0.2) is 36.1 Å². The minimum absolute atomic E-state index is 0.672. The monoisotopic (exact) mass is 263 g/mol. The van der Waals surface area contributed by atoms with Gasteiger partial charge in [-0.05, 0) is 18.9 Å². The first-order valence-corrected chi connectivity index (χ1v) is 7.27. The van der Waals surface area contributed by atoms with Crippen LogP contribution in [0.25, 0.3) is 0 Å². The standard InChI is InChI=1S/C15H25N3O/c1-19-15-9-5-6-13(17-15)12-18(11-10-16)14-7-3-2-4-8-14/h5-6,9,14H,2-4,7-8,10-12,16H2,1H3. The van der Waals surface area contributed by atoms with Crippen LogP contribution in [0.15, 0.2) is 18.2 Å². The predicted octanol–water partition coefficient (Wildman–Crippen LogP) is 2.18.